The van der Waals surface area contributed by atoms with Gasteiger partial charge < -0.3 is 5.32 Å². The van der Waals surface area contributed by atoms with Gasteiger partial charge in [-0.15, -0.1) is 0 Å². The van der Waals surface area contributed by atoms with Crippen molar-refractivity contribution in [3.8, 4) is 0 Å². The zero-order valence-corrected chi connectivity index (χ0v) is 18.1. The number of nitrogens with zero attached hydrogens (tertiary/aromatic N) is 1. The molecule has 5 rings (SSSR count). The number of rotatable bonds is 5. The minimum atomic E-state index is -0.225. The fraction of sp³-hybridized carbons (Fsp3) is 0.423. The summed E-state index contributed by atoms with van der Waals surface area (Å²) in [6.45, 7) is 4.14. The first-order valence-corrected chi connectivity index (χ1v) is 11.4. The first-order chi connectivity index (χ1) is 15.0. The maximum absolute atomic E-state index is 13.1. The van der Waals surface area contributed by atoms with Crippen LogP contribution in [-0.2, 0) is 22.4 Å². The molecule has 0 radical (unpaired) electrons. The lowest BCUT2D eigenvalue weighted by Gasteiger charge is -2.19. The summed E-state index contributed by atoms with van der Waals surface area (Å²) in [6, 6.07) is 13.0. The summed E-state index contributed by atoms with van der Waals surface area (Å²) in [5.74, 6) is -0.00745. The quantitative estimate of drug-likeness (QED) is 0.725. The Morgan fingerprint density at radius 3 is 2.10 bits per heavy atom. The number of aryl methyl sites for hydroxylation is 2. The van der Waals surface area contributed by atoms with E-state index in [4.69, 9.17) is 0 Å². The molecule has 3 fully saturated rings. The van der Waals surface area contributed by atoms with Crippen LogP contribution in [0.4, 0.5) is 11.4 Å². The maximum atomic E-state index is 13.1. The van der Waals surface area contributed by atoms with Crippen LogP contribution < -0.4 is 10.2 Å². The number of carbonyl (C=O) groups is 3. The second kappa shape index (κ2) is 7.63. The van der Waals surface area contributed by atoms with E-state index in [1.165, 1.54) is 4.90 Å². The first kappa shape index (κ1) is 20.0. The minimum absolute atomic E-state index is 0.0793. The summed E-state index contributed by atoms with van der Waals surface area (Å²) < 4.78 is 0. The molecule has 3 amide bonds. The third-order valence-corrected chi connectivity index (χ3v) is 7.53. The minimum Gasteiger partial charge on any atom is -0.321 e. The van der Waals surface area contributed by atoms with Crippen LogP contribution in [0.5, 0.6) is 0 Å². The van der Waals surface area contributed by atoms with E-state index in [1.807, 2.05) is 18.2 Å². The molecule has 1 heterocycles. The smallest absolute Gasteiger partial charge is 0.255 e. The Morgan fingerprint density at radius 1 is 0.935 bits per heavy atom. The Morgan fingerprint density at radius 2 is 1.52 bits per heavy atom. The number of hydrogen-bond donors (Lipinski definition) is 1. The fourth-order valence-electron chi connectivity index (χ4n) is 6.04. The largest absolute Gasteiger partial charge is 0.321 e. The molecule has 1 N–H and O–H groups in total. The second-order valence-electron chi connectivity index (χ2n) is 9.06. The summed E-state index contributed by atoms with van der Waals surface area (Å²) in [5, 5.41) is 3.07. The van der Waals surface area contributed by atoms with Gasteiger partial charge in [0.05, 0.1) is 17.5 Å². The van der Waals surface area contributed by atoms with Crippen molar-refractivity contribution >= 4 is 29.1 Å². The zero-order valence-electron chi connectivity index (χ0n) is 18.1. The van der Waals surface area contributed by atoms with Crippen molar-refractivity contribution in [2.75, 3.05) is 10.2 Å². The van der Waals surface area contributed by atoms with Crippen molar-refractivity contribution < 1.29 is 14.4 Å². The van der Waals surface area contributed by atoms with Gasteiger partial charge in [0, 0.05) is 11.3 Å². The standard InChI is InChI=1S/C26H28N2O3/c1-3-15-7-5-8-16(4-2)23(15)27-24(29)19-9-6-10-20(14-19)28-25(30)21-17-11-12-18(13-17)22(21)26(28)31/h5-10,14,17-18,21-22H,3-4,11-13H2,1-2H3,(H,27,29)/t17-,18+,21-,22-/m0/s1. The van der Waals surface area contributed by atoms with E-state index in [2.05, 4.69) is 19.2 Å². The van der Waals surface area contributed by atoms with Crippen LogP contribution in [0.15, 0.2) is 42.5 Å². The Bertz CT molecular complexity index is 1030. The van der Waals surface area contributed by atoms with Gasteiger partial charge in [-0.05, 0) is 73.3 Å². The van der Waals surface area contributed by atoms with Crippen molar-refractivity contribution in [1.29, 1.82) is 0 Å². The normalized spacial score (nSPS) is 26.5. The van der Waals surface area contributed by atoms with E-state index in [9.17, 15) is 14.4 Å². The molecule has 2 aromatic carbocycles. The molecule has 0 spiro atoms. The SMILES string of the molecule is CCc1cccc(CC)c1NC(=O)c1cccc(N2C(=O)[C@H]3[C@@H]4CC[C@@H](C4)[C@@H]3C2=O)c1. The number of nitrogens with one attached hydrogen (secondary N) is 1. The number of imide groups is 1. The highest BCUT2D eigenvalue weighted by Crippen LogP contribution is 2.56. The van der Waals surface area contributed by atoms with Crippen molar-refractivity contribution in [3.05, 3.63) is 59.2 Å². The van der Waals surface area contributed by atoms with E-state index in [0.717, 1.165) is 48.9 Å². The summed E-state index contributed by atoms with van der Waals surface area (Å²) in [6.07, 6.45) is 4.77. The summed E-state index contributed by atoms with van der Waals surface area (Å²) in [5.41, 5.74) is 4.01. The van der Waals surface area contributed by atoms with E-state index >= 15 is 0 Å². The molecule has 5 heteroatoms. The van der Waals surface area contributed by atoms with Gasteiger partial charge in [-0.2, -0.15) is 0 Å². The number of fused-ring (bicyclic) bond motifs is 5. The molecule has 160 valence electrons. The third kappa shape index (κ3) is 3.10. The number of carbonyl (C=O) groups excluding carboxylic acids is 3. The summed E-state index contributed by atoms with van der Waals surface area (Å²) in [4.78, 5) is 40.7. The Labute approximate surface area is 182 Å². The van der Waals surface area contributed by atoms with Crippen LogP contribution in [0.2, 0.25) is 0 Å². The lowest BCUT2D eigenvalue weighted by molar-refractivity contribution is -0.123. The fourth-order valence-corrected chi connectivity index (χ4v) is 6.04. The average Bonchev–Trinajstić information content (AvgIpc) is 3.47. The van der Waals surface area contributed by atoms with E-state index in [1.54, 1.807) is 24.3 Å². The second-order valence-corrected chi connectivity index (χ2v) is 9.06. The molecule has 2 aliphatic carbocycles. The highest BCUT2D eigenvalue weighted by molar-refractivity contribution is 6.23. The monoisotopic (exact) mass is 416 g/mol. The lowest BCUT2D eigenvalue weighted by atomic mass is 9.81. The molecular formula is C26H28N2O3. The Hall–Kier alpha value is -2.95. The molecule has 1 aliphatic heterocycles. The Kier molecular flexibility index (Phi) is 4.92. The van der Waals surface area contributed by atoms with E-state index < -0.39 is 0 Å². The predicted molar refractivity (Wildman–Crippen MR) is 120 cm³/mol. The van der Waals surface area contributed by atoms with Crippen LogP contribution in [0.25, 0.3) is 0 Å². The van der Waals surface area contributed by atoms with E-state index in [-0.39, 0.29) is 29.6 Å². The van der Waals surface area contributed by atoms with Crippen LogP contribution in [0, 0.1) is 23.7 Å². The highest BCUT2D eigenvalue weighted by atomic mass is 16.2. The molecule has 31 heavy (non-hydrogen) atoms. The van der Waals surface area contributed by atoms with Gasteiger partial charge >= 0.3 is 0 Å². The van der Waals surface area contributed by atoms with Gasteiger partial charge in [-0.3, -0.25) is 19.3 Å². The number of para-hydroxylation sites is 1. The topological polar surface area (TPSA) is 66.5 Å². The molecule has 2 saturated carbocycles. The molecule has 3 aliphatic rings. The number of benzene rings is 2. The molecule has 4 atom stereocenters. The van der Waals surface area contributed by atoms with Gasteiger partial charge in [0.25, 0.3) is 5.91 Å². The van der Waals surface area contributed by atoms with E-state index in [0.29, 0.717) is 23.1 Å². The van der Waals surface area contributed by atoms with Crippen molar-refractivity contribution in [2.24, 2.45) is 23.7 Å². The van der Waals surface area contributed by atoms with Crippen LogP contribution in [0.3, 0.4) is 0 Å². The third-order valence-electron chi connectivity index (χ3n) is 7.53. The van der Waals surface area contributed by atoms with Gasteiger partial charge in [0.2, 0.25) is 11.8 Å². The first-order valence-electron chi connectivity index (χ1n) is 11.4. The highest BCUT2D eigenvalue weighted by Gasteiger charge is 2.61. The maximum Gasteiger partial charge on any atom is 0.255 e. The van der Waals surface area contributed by atoms with Crippen molar-refractivity contribution in [1.82, 2.24) is 0 Å². The molecule has 0 aromatic heterocycles. The van der Waals surface area contributed by atoms with Crippen LogP contribution in [-0.4, -0.2) is 17.7 Å². The molecule has 2 aromatic rings. The van der Waals surface area contributed by atoms with Crippen molar-refractivity contribution in [2.45, 2.75) is 46.0 Å². The lowest BCUT2D eigenvalue weighted by Crippen LogP contribution is -2.33. The zero-order chi connectivity index (χ0) is 21.7. The molecular weight excluding hydrogens is 388 g/mol. The van der Waals surface area contributed by atoms with Gasteiger partial charge in [-0.1, -0.05) is 38.1 Å². The molecule has 1 saturated heterocycles. The Balaban J connectivity index is 1.42. The molecule has 2 bridgehead atoms. The predicted octanol–water partition coefficient (Wildman–Crippen LogP) is 4.60. The number of anilines is 2. The molecule has 0 unspecified atom stereocenters. The summed E-state index contributed by atoms with van der Waals surface area (Å²) in [7, 11) is 0. The van der Waals surface area contributed by atoms with Crippen LogP contribution >= 0.6 is 0 Å². The molecule has 5 nitrogen and oxygen atoms in total. The van der Waals surface area contributed by atoms with Crippen molar-refractivity contribution in [3.63, 3.8) is 0 Å². The average molecular weight is 417 g/mol. The van der Waals surface area contributed by atoms with Gasteiger partial charge in [-0.25, -0.2) is 0 Å². The van der Waals surface area contributed by atoms with Gasteiger partial charge in [0.15, 0.2) is 0 Å². The summed E-state index contributed by atoms with van der Waals surface area (Å²) >= 11 is 0. The number of amides is 3. The number of hydrogen-bond acceptors (Lipinski definition) is 3. The van der Waals surface area contributed by atoms with Crippen LogP contribution in [0.1, 0.15) is 54.6 Å². The van der Waals surface area contributed by atoms with Gasteiger partial charge in [0.1, 0.15) is 0 Å².